The summed E-state index contributed by atoms with van der Waals surface area (Å²) < 4.78 is 0. The lowest BCUT2D eigenvalue weighted by Crippen LogP contribution is -2.30. The van der Waals surface area contributed by atoms with E-state index in [4.69, 9.17) is 5.11 Å². The predicted molar refractivity (Wildman–Crippen MR) is 74.3 cm³/mol. The van der Waals surface area contributed by atoms with Crippen LogP contribution < -0.4 is 10.6 Å². The number of urea groups is 1. The molecule has 7 nitrogen and oxygen atoms in total. The van der Waals surface area contributed by atoms with E-state index in [0.717, 1.165) is 12.8 Å². The van der Waals surface area contributed by atoms with E-state index in [9.17, 15) is 9.59 Å². The number of hydrogen-bond acceptors (Lipinski definition) is 4. The second-order valence-electron chi connectivity index (χ2n) is 4.50. The summed E-state index contributed by atoms with van der Waals surface area (Å²) >= 11 is 0. The fourth-order valence-corrected chi connectivity index (χ4v) is 1.81. The molecule has 20 heavy (non-hydrogen) atoms. The number of aliphatic carboxylic acids is 1. The lowest BCUT2D eigenvalue weighted by Gasteiger charge is -2.14. The number of carbonyl (C=O) groups is 2. The number of carboxylic acids is 1. The summed E-state index contributed by atoms with van der Waals surface area (Å²) in [6.07, 6.45) is 6.89. The van der Waals surface area contributed by atoms with Crippen molar-refractivity contribution in [1.82, 2.24) is 15.3 Å². The predicted octanol–water partition coefficient (Wildman–Crippen LogP) is 1.88. The van der Waals surface area contributed by atoms with Crippen molar-refractivity contribution < 1.29 is 14.7 Å². The number of rotatable bonds is 8. The Morgan fingerprint density at radius 3 is 2.60 bits per heavy atom. The van der Waals surface area contributed by atoms with Crippen LogP contribution in [0.2, 0.25) is 0 Å². The molecule has 110 valence electrons. The van der Waals surface area contributed by atoms with Crippen molar-refractivity contribution in [3.05, 3.63) is 18.7 Å². The fraction of sp³-hybridized carbons (Fsp3) is 0.538. The molecule has 0 fully saturated rings. The molecule has 1 unspecified atom stereocenters. The van der Waals surface area contributed by atoms with Crippen LogP contribution in [0.5, 0.6) is 0 Å². The van der Waals surface area contributed by atoms with Gasteiger partial charge in [-0.1, -0.05) is 13.3 Å². The highest BCUT2D eigenvalue weighted by molar-refractivity contribution is 5.88. The first kappa shape index (κ1) is 15.9. The topological polar surface area (TPSA) is 104 Å². The van der Waals surface area contributed by atoms with Crippen molar-refractivity contribution >= 4 is 17.7 Å². The van der Waals surface area contributed by atoms with Gasteiger partial charge in [0.25, 0.3) is 0 Å². The summed E-state index contributed by atoms with van der Waals surface area (Å²) in [5.41, 5.74) is 0.530. The lowest BCUT2D eigenvalue weighted by molar-refractivity contribution is -0.137. The van der Waals surface area contributed by atoms with Crippen LogP contribution in [0, 0.1) is 5.92 Å². The van der Waals surface area contributed by atoms with Crippen LogP contribution in [0.25, 0.3) is 0 Å². The Morgan fingerprint density at radius 2 is 2.00 bits per heavy atom. The minimum Gasteiger partial charge on any atom is -0.481 e. The van der Waals surface area contributed by atoms with Crippen LogP contribution in [0.3, 0.4) is 0 Å². The molecule has 7 heteroatoms. The van der Waals surface area contributed by atoms with Gasteiger partial charge < -0.3 is 15.7 Å². The summed E-state index contributed by atoms with van der Waals surface area (Å²) in [5, 5.41) is 14.0. The Morgan fingerprint density at radius 1 is 1.30 bits per heavy atom. The van der Waals surface area contributed by atoms with E-state index in [0.29, 0.717) is 24.6 Å². The third-order valence-corrected chi connectivity index (χ3v) is 3.00. The molecule has 1 heterocycles. The van der Waals surface area contributed by atoms with Gasteiger partial charge in [0.2, 0.25) is 0 Å². The van der Waals surface area contributed by atoms with Gasteiger partial charge in [-0.25, -0.2) is 14.8 Å². The molecule has 0 spiro atoms. The number of amides is 2. The van der Waals surface area contributed by atoms with E-state index < -0.39 is 5.97 Å². The molecule has 0 aliphatic heterocycles. The average molecular weight is 280 g/mol. The zero-order chi connectivity index (χ0) is 14.8. The first-order valence-electron chi connectivity index (χ1n) is 6.63. The number of carboxylic acid groups (broad SMARTS) is 1. The highest BCUT2D eigenvalue weighted by Gasteiger charge is 2.09. The smallest absolute Gasteiger partial charge is 0.319 e. The van der Waals surface area contributed by atoms with Crippen molar-refractivity contribution in [1.29, 1.82) is 0 Å². The minimum atomic E-state index is -0.779. The molecule has 1 aromatic heterocycles. The van der Waals surface area contributed by atoms with Crippen LogP contribution >= 0.6 is 0 Å². The molecule has 1 rings (SSSR count). The molecule has 2 amide bonds. The normalized spacial score (nSPS) is 11.7. The van der Waals surface area contributed by atoms with E-state index >= 15 is 0 Å². The molecule has 0 radical (unpaired) electrons. The molecule has 0 saturated heterocycles. The van der Waals surface area contributed by atoms with Gasteiger partial charge in [0.1, 0.15) is 6.33 Å². The lowest BCUT2D eigenvalue weighted by atomic mass is 9.97. The van der Waals surface area contributed by atoms with Gasteiger partial charge >= 0.3 is 12.0 Å². The zero-order valence-corrected chi connectivity index (χ0v) is 11.5. The second-order valence-corrected chi connectivity index (χ2v) is 4.50. The van der Waals surface area contributed by atoms with E-state index in [2.05, 4.69) is 20.6 Å². The van der Waals surface area contributed by atoms with Crippen molar-refractivity contribution in [2.45, 2.75) is 32.6 Å². The Kier molecular flexibility index (Phi) is 7.02. The van der Waals surface area contributed by atoms with Crippen LogP contribution in [0.15, 0.2) is 18.7 Å². The van der Waals surface area contributed by atoms with Crippen LogP contribution in [0.4, 0.5) is 10.5 Å². The Hall–Kier alpha value is -2.18. The van der Waals surface area contributed by atoms with Crippen molar-refractivity contribution in [3.8, 4) is 0 Å². The van der Waals surface area contributed by atoms with Gasteiger partial charge in [0.05, 0.1) is 18.1 Å². The average Bonchev–Trinajstić information content (AvgIpc) is 2.43. The number of carbonyl (C=O) groups excluding carboxylic acids is 1. The largest absolute Gasteiger partial charge is 0.481 e. The van der Waals surface area contributed by atoms with Gasteiger partial charge in [-0.2, -0.15) is 0 Å². The molecule has 3 N–H and O–H groups in total. The summed E-state index contributed by atoms with van der Waals surface area (Å²) in [7, 11) is 0. The highest BCUT2D eigenvalue weighted by Crippen LogP contribution is 2.14. The minimum absolute atomic E-state index is 0.173. The molecule has 1 aromatic rings. The number of nitrogens with one attached hydrogen (secondary N) is 2. The molecule has 1 atom stereocenters. The summed E-state index contributed by atoms with van der Waals surface area (Å²) in [5.74, 6) is -0.468. The highest BCUT2D eigenvalue weighted by atomic mass is 16.4. The molecule has 0 saturated carbocycles. The van der Waals surface area contributed by atoms with Gasteiger partial charge in [-0.15, -0.1) is 0 Å². The SMILES string of the molecule is CCC(CCNC(=O)Nc1cncnc1)CCC(=O)O. The monoisotopic (exact) mass is 280 g/mol. The standard InChI is InChI=1S/C13H20N4O3/c1-2-10(3-4-12(18)19)5-6-16-13(20)17-11-7-14-9-15-8-11/h7-10H,2-6H2,1H3,(H,18,19)(H2,16,17,20). The van der Waals surface area contributed by atoms with Gasteiger partial charge in [-0.05, 0) is 18.8 Å². The van der Waals surface area contributed by atoms with E-state index in [1.54, 1.807) is 0 Å². The van der Waals surface area contributed by atoms with E-state index in [1.807, 2.05) is 6.92 Å². The molecule has 0 aliphatic carbocycles. The van der Waals surface area contributed by atoms with Crippen molar-refractivity contribution in [2.75, 3.05) is 11.9 Å². The first-order valence-corrected chi connectivity index (χ1v) is 6.63. The number of aromatic nitrogens is 2. The molecular weight excluding hydrogens is 260 g/mol. The molecule has 0 aromatic carbocycles. The maximum atomic E-state index is 11.6. The maximum Gasteiger partial charge on any atom is 0.319 e. The maximum absolute atomic E-state index is 11.6. The van der Waals surface area contributed by atoms with Crippen LogP contribution in [-0.4, -0.2) is 33.6 Å². The summed E-state index contributed by atoms with van der Waals surface area (Å²) in [6, 6.07) is -0.312. The molecule has 0 aliphatic rings. The fourth-order valence-electron chi connectivity index (χ4n) is 1.81. The second kappa shape index (κ2) is 8.84. The van der Waals surface area contributed by atoms with E-state index in [1.165, 1.54) is 18.7 Å². The summed E-state index contributed by atoms with van der Waals surface area (Å²) in [4.78, 5) is 29.7. The first-order chi connectivity index (χ1) is 9.61. The number of nitrogens with zero attached hydrogens (tertiary/aromatic N) is 2. The van der Waals surface area contributed by atoms with Crippen molar-refractivity contribution in [2.24, 2.45) is 5.92 Å². The van der Waals surface area contributed by atoms with Crippen LogP contribution in [-0.2, 0) is 4.79 Å². The number of anilines is 1. The molecular formula is C13H20N4O3. The Labute approximate surface area is 117 Å². The Balaban J connectivity index is 2.21. The zero-order valence-electron chi connectivity index (χ0n) is 11.5. The quantitative estimate of drug-likeness (QED) is 0.674. The van der Waals surface area contributed by atoms with E-state index in [-0.39, 0.29) is 12.5 Å². The van der Waals surface area contributed by atoms with Crippen LogP contribution in [0.1, 0.15) is 32.6 Å². The third kappa shape index (κ3) is 6.67. The summed E-state index contributed by atoms with van der Waals surface area (Å²) in [6.45, 7) is 2.53. The third-order valence-electron chi connectivity index (χ3n) is 3.00. The van der Waals surface area contributed by atoms with Gasteiger partial charge in [-0.3, -0.25) is 4.79 Å². The molecule has 0 bridgehead atoms. The number of hydrogen-bond donors (Lipinski definition) is 3. The van der Waals surface area contributed by atoms with Gasteiger partial charge in [0.15, 0.2) is 0 Å². The van der Waals surface area contributed by atoms with Gasteiger partial charge in [0, 0.05) is 13.0 Å². The Bertz CT molecular complexity index is 425. The van der Waals surface area contributed by atoms with Crippen molar-refractivity contribution in [3.63, 3.8) is 0 Å².